The maximum Gasteiger partial charge on any atom is 0.251 e. The van der Waals surface area contributed by atoms with E-state index < -0.39 is 10.0 Å². The lowest BCUT2D eigenvalue weighted by atomic mass is 10.1. The summed E-state index contributed by atoms with van der Waals surface area (Å²) in [6, 6.07) is 7.60. The molecule has 1 aliphatic heterocycles. The molecule has 1 saturated heterocycles. The molecule has 0 unspecified atom stereocenters. The summed E-state index contributed by atoms with van der Waals surface area (Å²) in [5.41, 5.74) is 1.82. The predicted octanol–water partition coefficient (Wildman–Crippen LogP) is 1.44. The van der Waals surface area contributed by atoms with E-state index in [0.29, 0.717) is 10.1 Å². The van der Waals surface area contributed by atoms with Crippen LogP contribution in [0.5, 0.6) is 0 Å². The fraction of sp³-hybridized carbons (Fsp3) is 0.462. The van der Waals surface area contributed by atoms with Gasteiger partial charge in [0.05, 0.1) is 10.8 Å². The number of sulfonamides is 1. The van der Waals surface area contributed by atoms with E-state index in [9.17, 15) is 13.2 Å². The van der Waals surface area contributed by atoms with Gasteiger partial charge in [0.2, 0.25) is 10.0 Å². The molecule has 1 aliphatic rings. The molecule has 1 amide bonds. The van der Waals surface area contributed by atoms with Crippen LogP contribution in [0, 0.1) is 0 Å². The lowest BCUT2D eigenvalue weighted by Crippen LogP contribution is -2.34. The summed E-state index contributed by atoms with van der Waals surface area (Å²) in [6.07, 6.45) is 1.09. The highest BCUT2D eigenvalue weighted by Crippen LogP contribution is 2.45. The molecule has 2 rings (SSSR count). The topological polar surface area (TPSA) is 75.3 Å². The number of benzene rings is 1. The maximum atomic E-state index is 11.9. The molecule has 1 fully saturated rings. The third-order valence-corrected chi connectivity index (χ3v) is 6.67. The Balaban J connectivity index is 1.82. The third-order valence-electron chi connectivity index (χ3n) is 2.84. The van der Waals surface area contributed by atoms with Crippen molar-refractivity contribution in [3.05, 3.63) is 35.4 Å². The second kappa shape index (κ2) is 7.53. The Morgan fingerprint density at radius 3 is 2.38 bits per heavy atom. The van der Waals surface area contributed by atoms with E-state index in [1.54, 1.807) is 0 Å². The molecule has 21 heavy (non-hydrogen) atoms. The average molecular weight is 346 g/mol. The van der Waals surface area contributed by atoms with Gasteiger partial charge in [-0.2, -0.15) is 0 Å². The van der Waals surface area contributed by atoms with E-state index in [1.165, 1.54) is 17.1 Å². The van der Waals surface area contributed by atoms with Gasteiger partial charge in [-0.25, -0.2) is 13.1 Å². The standard InChI is InChI=1S/C13H18N2O3S3/c1-21(17,18)15-7-6-14-12(16)10-2-4-11(5-3-10)13-19-8-9-20-13/h2-5,13,15H,6-9H2,1H3,(H,14,16). The maximum absolute atomic E-state index is 11.9. The van der Waals surface area contributed by atoms with E-state index >= 15 is 0 Å². The Hall–Kier alpha value is -0.700. The van der Waals surface area contributed by atoms with Gasteiger partial charge in [-0.15, -0.1) is 23.5 Å². The van der Waals surface area contributed by atoms with Crippen LogP contribution in [0.2, 0.25) is 0 Å². The second-order valence-corrected chi connectivity index (χ2v) is 9.18. The van der Waals surface area contributed by atoms with Crippen molar-refractivity contribution in [2.75, 3.05) is 30.9 Å². The van der Waals surface area contributed by atoms with Gasteiger partial charge in [0.15, 0.2) is 0 Å². The van der Waals surface area contributed by atoms with Gasteiger partial charge in [0.1, 0.15) is 0 Å². The first-order valence-electron chi connectivity index (χ1n) is 6.52. The molecule has 0 radical (unpaired) electrons. The van der Waals surface area contributed by atoms with Crippen LogP contribution in [0.15, 0.2) is 24.3 Å². The highest BCUT2D eigenvalue weighted by Gasteiger charge is 2.18. The number of carbonyl (C=O) groups excluding carboxylic acids is 1. The Morgan fingerprint density at radius 1 is 1.19 bits per heavy atom. The molecule has 8 heteroatoms. The van der Waals surface area contributed by atoms with Gasteiger partial charge in [0, 0.05) is 30.2 Å². The van der Waals surface area contributed by atoms with Crippen molar-refractivity contribution in [3.8, 4) is 0 Å². The highest BCUT2D eigenvalue weighted by atomic mass is 32.2. The minimum absolute atomic E-state index is 0.191. The van der Waals surface area contributed by atoms with E-state index in [1.807, 2.05) is 47.8 Å². The minimum atomic E-state index is -3.21. The number of hydrogen-bond donors (Lipinski definition) is 2. The zero-order chi connectivity index (χ0) is 15.3. The van der Waals surface area contributed by atoms with Crippen LogP contribution in [0.4, 0.5) is 0 Å². The van der Waals surface area contributed by atoms with Crippen molar-refractivity contribution in [2.45, 2.75) is 4.58 Å². The first-order chi connectivity index (χ1) is 9.96. The fourth-order valence-electron chi connectivity index (χ4n) is 1.86. The molecule has 1 aromatic carbocycles. The van der Waals surface area contributed by atoms with Crippen LogP contribution in [0.3, 0.4) is 0 Å². The van der Waals surface area contributed by atoms with E-state index in [-0.39, 0.29) is 19.0 Å². The van der Waals surface area contributed by atoms with Crippen molar-refractivity contribution in [1.82, 2.24) is 10.0 Å². The van der Waals surface area contributed by atoms with Crippen LogP contribution in [-0.2, 0) is 10.0 Å². The first-order valence-corrected chi connectivity index (χ1v) is 10.5. The van der Waals surface area contributed by atoms with Gasteiger partial charge in [-0.1, -0.05) is 12.1 Å². The van der Waals surface area contributed by atoms with E-state index in [0.717, 1.165) is 6.26 Å². The lowest BCUT2D eigenvalue weighted by molar-refractivity contribution is 0.0954. The van der Waals surface area contributed by atoms with Crippen molar-refractivity contribution in [1.29, 1.82) is 0 Å². The van der Waals surface area contributed by atoms with Crippen molar-refractivity contribution in [3.63, 3.8) is 0 Å². The van der Waals surface area contributed by atoms with Gasteiger partial charge in [-0.3, -0.25) is 4.79 Å². The SMILES string of the molecule is CS(=O)(=O)NCCNC(=O)c1ccc(C2SCCS2)cc1. The summed E-state index contributed by atoms with van der Waals surface area (Å²) >= 11 is 3.85. The van der Waals surface area contributed by atoms with E-state index in [2.05, 4.69) is 10.0 Å². The van der Waals surface area contributed by atoms with Crippen molar-refractivity contribution in [2.24, 2.45) is 0 Å². The molecular weight excluding hydrogens is 328 g/mol. The van der Waals surface area contributed by atoms with E-state index in [4.69, 9.17) is 0 Å². The molecule has 0 aliphatic carbocycles. The molecular formula is C13H18N2O3S3. The molecule has 0 spiro atoms. The number of amides is 1. The second-order valence-electron chi connectivity index (χ2n) is 4.62. The molecule has 5 nitrogen and oxygen atoms in total. The van der Waals surface area contributed by atoms with Gasteiger partial charge < -0.3 is 5.32 Å². The van der Waals surface area contributed by atoms with Crippen molar-refractivity contribution >= 4 is 39.5 Å². The summed E-state index contributed by atoms with van der Waals surface area (Å²) in [5, 5.41) is 2.68. The monoisotopic (exact) mass is 346 g/mol. The Bertz CT molecular complexity index is 581. The summed E-state index contributed by atoms with van der Waals surface area (Å²) in [6.45, 7) is 0.458. The van der Waals surface area contributed by atoms with Crippen LogP contribution in [0.1, 0.15) is 20.5 Å². The molecule has 0 aromatic heterocycles. The summed E-state index contributed by atoms with van der Waals surface area (Å²) in [7, 11) is -3.21. The zero-order valence-electron chi connectivity index (χ0n) is 11.7. The quantitative estimate of drug-likeness (QED) is 0.763. The smallest absolute Gasteiger partial charge is 0.251 e. The molecule has 2 N–H and O–H groups in total. The molecule has 0 bridgehead atoms. The molecule has 1 aromatic rings. The number of nitrogens with one attached hydrogen (secondary N) is 2. The molecule has 0 atom stereocenters. The third kappa shape index (κ3) is 5.54. The first kappa shape index (κ1) is 16.7. The molecule has 0 saturated carbocycles. The van der Waals surface area contributed by atoms with Gasteiger partial charge in [0.25, 0.3) is 5.91 Å². The lowest BCUT2D eigenvalue weighted by Gasteiger charge is -2.09. The van der Waals surface area contributed by atoms with Crippen LogP contribution in [-0.4, -0.2) is 45.2 Å². The van der Waals surface area contributed by atoms with Crippen LogP contribution >= 0.6 is 23.5 Å². The van der Waals surface area contributed by atoms with Crippen molar-refractivity contribution < 1.29 is 13.2 Å². The Morgan fingerprint density at radius 2 is 1.81 bits per heavy atom. The minimum Gasteiger partial charge on any atom is -0.351 e. The Labute approximate surface area is 133 Å². The van der Waals surface area contributed by atoms with Gasteiger partial charge >= 0.3 is 0 Å². The average Bonchev–Trinajstić information content (AvgIpc) is 2.96. The summed E-state index contributed by atoms with van der Waals surface area (Å²) in [4.78, 5) is 11.9. The fourth-order valence-corrected chi connectivity index (χ4v) is 5.19. The highest BCUT2D eigenvalue weighted by molar-refractivity contribution is 8.19. The number of thioether (sulfide) groups is 2. The zero-order valence-corrected chi connectivity index (χ0v) is 14.1. The predicted molar refractivity (Wildman–Crippen MR) is 89.3 cm³/mol. The van der Waals surface area contributed by atoms with Gasteiger partial charge in [-0.05, 0) is 17.7 Å². The van der Waals surface area contributed by atoms with Crippen LogP contribution in [0.25, 0.3) is 0 Å². The molecule has 1 heterocycles. The number of carbonyl (C=O) groups is 1. The normalized spacial score (nSPS) is 16.0. The van der Waals surface area contributed by atoms with Crippen LogP contribution < -0.4 is 10.0 Å². The number of rotatable bonds is 6. The largest absolute Gasteiger partial charge is 0.351 e. The molecule has 116 valence electrons. The summed E-state index contributed by atoms with van der Waals surface area (Å²) < 4.78 is 24.6. The number of hydrogen-bond acceptors (Lipinski definition) is 5. The Kier molecular flexibility index (Phi) is 5.98. The summed E-state index contributed by atoms with van der Waals surface area (Å²) in [5.74, 6) is 2.15.